The van der Waals surface area contributed by atoms with Crippen molar-refractivity contribution in [3.05, 3.63) is 59.4 Å². The number of nitrogens with one attached hydrogen (secondary N) is 2. The fourth-order valence-electron chi connectivity index (χ4n) is 3.71. The second kappa shape index (κ2) is 12.7. The van der Waals surface area contributed by atoms with Crippen LogP contribution in [-0.2, 0) is 6.54 Å². The van der Waals surface area contributed by atoms with Crippen molar-refractivity contribution in [2.75, 3.05) is 33.3 Å². The highest BCUT2D eigenvalue weighted by molar-refractivity contribution is 14.0. The van der Waals surface area contributed by atoms with Gasteiger partial charge < -0.3 is 20.5 Å². The number of methoxy groups -OCH3 is 1. The van der Waals surface area contributed by atoms with Crippen LogP contribution in [0.5, 0.6) is 11.5 Å². The lowest BCUT2D eigenvalue weighted by Crippen LogP contribution is -2.42. The van der Waals surface area contributed by atoms with Gasteiger partial charge >= 0.3 is 0 Å². The number of benzene rings is 2. The van der Waals surface area contributed by atoms with Gasteiger partial charge in [-0.05, 0) is 68.2 Å². The average Bonchev–Trinajstić information content (AvgIpc) is 3.29. The molecule has 3 rings (SSSR count). The van der Waals surface area contributed by atoms with E-state index in [0.29, 0.717) is 24.6 Å². The number of phenols is 1. The number of phenolic OH excluding ortho intramolecular Hbond substituents is 1. The van der Waals surface area contributed by atoms with E-state index < -0.39 is 5.82 Å². The third-order valence-electron chi connectivity index (χ3n) is 5.30. The number of likely N-dealkylation sites (tertiary alicyclic amines) is 1. The zero-order valence-electron chi connectivity index (χ0n) is 18.1. The molecule has 2 aromatic rings. The van der Waals surface area contributed by atoms with E-state index in [2.05, 4.69) is 32.7 Å². The minimum absolute atomic E-state index is 0. The summed E-state index contributed by atoms with van der Waals surface area (Å²) in [4.78, 5) is 7.07. The van der Waals surface area contributed by atoms with E-state index in [-0.39, 0.29) is 35.8 Å². The third kappa shape index (κ3) is 7.24. The lowest BCUT2D eigenvalue weighted by atomic mass is 10.1. The molecule has 1 saturated heterocycles. The number of nitrogens with zero attached hydrogens (tertiary/aromatic N) is 2. The molecule has 1 fully saturated rings. The Labute approximate surface area is 200 Å². The Kier molecular flexibility index (Phi) is 10.3. The van der Waals surface area contributed by atoms with Gasteiger partial charge in [0.1, 0.15) is 5.75 Å². The quantitative estimate of drug-likeness (QED) is 0.267. The second-order valence-corrected chi connectivity index (χ2v) is 7.40. The lowest BCUT2D eigenvalue weighted by molar-refractivity contribution is 0.245. The summed E-state index contributed by atoms with van der Waals surface area (Å²) in [6.07, 6.45) is 2.42. The molecule has 1 atom stereocenters. The highest BCUT2D eigenvalue weighted by atomic mass is 127. The minimum Gasteiger partial charge on any atom is -0.505 e. The van der Waals surface area contributed by atoms with Crippen molar-refractivity contribution in [2.24, 2.45) is 4.99 Å². The summed E-state index contributed by atoms with van der Waals surface area (Å²) in [6, 6.07) is 12.8. The van der Waals surface area contributed by atoms with Crippen LogP contribution in [0.1, 0.15) is 36.9 Å². The number of hydrogen-bond donors (Lipinski definition) is 3. The van der Waals surface area contributed by atoms with Crippen molar-refractivity contribution in [3.8, 4) is 11.5 Å². The minimum atomic E-state index is -0.632. The molecule has 0 saturated carbocycles. The Balaban J connectivity index is 0.00000341. The van der Waals surface area contributed by atoms with Gasteiger partial charge in [0.05, 0.1) is 19.7 Å². The molecule has 170 valence electrons. The molecule has 0 amide bonds. The van der Waals surface area contributed by atoms with Crippen LogP contribution in [0.25, 0.3) is 0 Å². The summed E-state index contributed by atoms with van der Waals surface area (Å²) < 4.78 is 19.0. The Hall–Kier alpha value is -2.07. The van der Waals surface area contributed by atoms with Gasteiger partial charge in [-0.15, -0.1) is 24.0 Å². The third-order valence-corrected chi connectivity index (χ3v) is 5.30. The molecule has 0 bridgehead atoms. The molecule has 0 aliphatic carbocycles. The van der Waals surface area contributed by atoms with Gasteiger partial charge in [-0.2, -0.15) is 0 Å². The predicted octanol–water partition coefficient (Wildman–Crippen LogP) is 4.05. The normalized spacial score (nSPS) is 15.3. The zero-order chi connectivity index (χ0) is 21.3. The Bertz CT molecular complexity index is 859. The van der Waals surface area contributed by atoms with E-state index in [0.717, 1.165) is 25.4 Å². The fraction of sp³-hybridized carbons (Fsp3) is 0.435. The van der Waals surface area contributed by atoms with E-state index in [4.69, 9.17) is 4.74 Å². The van der Waals surface area contributed by atoms with Crippen LogP contribution in [0.2, 0.25) is 0 Å². The summed E-state index contributed by atoms with van der Waals surface area (Å²) in [6.45, 7) is 5.90. The van der Waals surface area contributed by atoms with E-state index >= 15 is 0 Å². The monoisotopic (exact) mass is 542 g/mol. The first-order valence-electron chi connectivity index (χ1n) is 10.5. The van der Waals surface area contributed by atoms with Gasteiger partial charge in [0.2, 0.25) is 0 Å². The Morgan fingerprint density at radius 1 is 1.19 bits per heavy atom. The molecule has 0 spiro atoms. The molecule has 8 heteroatoms. The van der Waals surface area contributed by atoms with Gasteiger partial charge in [-0.3, -0.25) is 4.90 Å². The fourth-order valence-corrected chi connectivity index (χ4v) is 3.71. The predicted molar refractivity (Wildman–Crippen MR) is 133 cm³/mol. The van der Waals surface area contributed by atoms with Crippen LogP contribution in [-0.4, -0.2) is 49.3 Å². The molecule has 0 radical (unpaired) electrons. The van der Waals surface area contributed by atoms with Crippen LogP contribution < -0.4 is 15.4 Å². The first kappa shape index (κ1) is 25.2. The maximum absolute atomic E-state index is 13.6. The van der Waals surface area contributed by atoms with Crippen LogP contribution in [0.3, 0.4) is 0 Å². The molecule has 1 aliphatic rings. The van der Waals surface area contributed by atoms with Crippen molar-refractivity contribution in [2.45, 2.75) is 32.4 Å². The summed E-state index contributed by atoms with van der Waals surface area (Å²) in [5.74, 6) is 0.553. The van der Waals surface area contributed by atoms with Gasteiger partial charge in [-0.25, -0.2) is 9.38 Å². The van der Waals surface area contributed by atoms with E-state index in [9.17, 15) is 9.50 Å². The molecule has 6 nitrogen and oxygen atoms in total. The zero-order valence-corrected chi connectivity index (χ0v) is 20.4. The van der Waals surface area contributed by atoms with Crippen LogP contribution >= 0.6 is 24.0 Å². The first-order valence-corrected chi connectivity index (χ1v) is 10.5. The molecular formula is C23H32FIN4O2. The number of aromatic hydroxyl groups is 1. The van der Waals surface area contributed by atoms with Crippen LogP contribution in [0.4, 0.5) is 4.39 Å². The summed E-state index contributed by atoms with van der Waals surface area (Å²) in [5.41, 5.74) is 1.91. The largest absolute Gasteiger partial charge is 0.505 e. The average molecular weight is 542 g/mol. The highest BCUT2D eigenvalue weighted by Crippen LogP contribution is 2.27. The molecule has 2 aromatic carbocycles. The van der Waals surface area contributed by atoms with Gasteiger partial charge in [-0.1, -0.05) is 18.2 Å². The topological polar surface area (TPSA) is 69.1 Å². The number of aliphatic imine (C=N–C) groups is 1. The molecule has 0 aromatic heterocycles. The van der Waals surface area contributed by atoms with E-state index in [1.807, 2.05) is 19.1 Å². The second-order valence-electron chi connectivity index (χ2n) is 7.40. The number of rotatable bonds is 8. The van der Waals surface area contributed by atoms with Crippen LogP contribution in [0, 0.1) is 5.82 Å². The summed E-state index contributed by atoms with van der Waals surface area (Å²) >= 11 is 0. The van der Waals surface area contributed by atoms with Gasteiger partial charge in [0, 0.05) is 13.1 Å². The molecule has 1 aliphatic heterocycles. The molecule has 3 N–H and O–H groups in total. The van der Waals surface area contributed by atoms with Crippen molar-refractivity contribution in [1.82, 2.24) is 15.5 Å². The number of guanidine groups is 1. The number of halogens is 2. The van der Waals surface area contributed by atoms with Crippen LogP contribution in [0.15, 0.2) is 47.5 Å². The summed E-state index contributed by atoms with van der Waals surface area (Å²) in [5, 5.41) is 16.0. The van der Waals surface area contributed by atoms with Gasteiger partial charge in [0.25, 0.3) is 0 Å². The molecule has 1 unspecified atom stereocenters. The van der Waals surface area contributed by atoms with Crippen molar-refractivity contribution in [3.63, 3.8) is 0 Å². The number of hydrogen-bond acceptors (Lipinski definition) is 4. The molecular weight excluding hydrogens is 510 g/mol. The van der Waals surface area contributed by atoms with E-state index in [1.54, 1.807) is 13.2 Å². The number of ether oxygens (including phenoxy) is 1. The smallest absolute Gasteiger partial charge is 0.191 e. The summed E-state index contributed by atoms with van der Waals surface area (Å²) in [7, 11) is 1.68. The Morgan fingerprint density at radius 3 is 2.65 bits per heavy atom. The first-order chi connectivity index (χ1) is 14.6. The lowest BCUT2D eigenvalue weighted by Gasteiger charge is -2.29. The maximum atomic E-state index is 13.6. The molecule has 31 heavy (non-hydrogen) atoms. The van der Waals surface area contributed by atoms with Crippen molar-refractivity contribution in [1.29, 1.82) is 0 Å². The van der Waals surface area contributed by atoms with Gasteiger partial charge in [0.15, 0.2) is 17.5 Å². The molecule has 1 heterocycles. The Morgan fingerprint density at radius 2 is 1.97 bits per heavy atom. The van der Waals surface area contributed by atoms with E-state index in [1.165, 1.54) is 30.5 Å². The van der Waals surface area contributed by atoms with Crippen molar-refractivity contribution >= 4 is 29.9 Å². The highest BCUT2D eigenvalue weighted by Gasteiger charge is 2.24. The SMILES string of the molecule is CCNC(=NCc1ccc(O)c(F)c1)NCC(c1cccc(OC)c1)N1CCCC1.I. The van der Waals surface area contributed by atoms with Crippen molar-refractivity contribution < 1.29 is 14.2 Å². The maximum Gasteiger partial charge on any atom is 0.191 e. The standard InChI is InChI=1S/C23H31FN4O2.HI/c1-3-25-23(26-15-17-9-10-22(29)20(24)13-17)27-16-21(28-11-4-5-12-28)18-7-6-8-19(14-18)30-2;/h6-10,13-14,21,29H,3-5,11-12,15-16H2,1-2H3,(H2,25,26,27);1H.